The van der Waals surface area contributed by atoms with Crippen LogP contribution in [-0.2, 0) is 134 Å². The number of nitrogens with two attached hydrogens (primary N) is 3. The van der Waals surface area contributed by atoms with Gasteiger partial charge >= 0.3 is 27.6 Å². The third-order valence-electron chi connectivity index (χ3n) is 23.8. The Bertz CT molecular complexity index is 4870. The van der Waals surface area contributed by atoms with E-state index in [0.717, 1.165) is 154 Å². The zero-order valence-corrected chi connectivity index (χ0v) is 74.5. The fraction of sp³-hybridized carbons (Fsp3) is 0.430. The Balaban J connectivity index is 0.000000192. The summed E-state index contributed by atoms with van der Waals surface area (Å²) in [5.74, 6) is 5.81. The van der Waals surface area contributed by atoms with Gasteiger partial charge in [-0.3, -0.25) is 4.79 Å². The monoisotopic (exact) mass is 1780 g/mol. The summed E-state index contributed by atoms with van der Waals surface area (Å²) >= 11 is 0. The molecule has 0 saturated heterocycles. The van der Waals surface area contributed by atoms with E-state index in [4.69, 9.17) is 36.1 Å². The fourth-order valence-corrected chi connectivity index (χ4v) is 17.3. The molecule has 0 heterocycles. The third kappa shape index (κ3) is 29.8. The number of benzene rings is 9. The van der Waals surface area contributed by atoms with Gasteiger partial charge in [-0.2, -0.15) is 21.6 Å². The number of aromatic hydroxyl groups is 2. The molecule has 7 atom stereocenters. The number of phenols is 2. The fourth-order valence-electron chi connectivity index (χ4n) is 16.9. The number of hydrogen-bond donors (Lipinski definition) is 5. The lowest BCUT2D eigenvalue weighted by Crippen LogP contribution is -2.28. The first kappa shape index (κ1) is 99.9. The quantitative estimate of drug-likeness (QED) is 0.0484. The second-order valence-corrected chi connectivity index (χ2v) is 34.6. The van der Waals surface area contributed by atoms with E-state index in [1.807, 2.05) is 73.7 Å². The molecule has 8 aliphatic carbocycles. The Labute approximate surface area is 737 Å². The highest BCUT2D eigenvalue weighted by Gasteiger charge is 2.48. The van der Waals surface area contributed by atoms with Gasteiger partial charge in [-0.1, -0.05) is 107 Å². The molecule has 0 radical (unpaired) electrons. The van der Waals surface area contributed by atoms with Gasteiger partial charge in [0.15, 0.2) is 0 Å². The summed E-state index contributed by atoms with van der Waals surface area (Å²) in [5.41, 5.74) is 35.6. The molecule has 0 amide bonds. The topological polar surface area (TPSA) is 259 Å². The highest BCUT2D eigenvalue weighted by atomic mass is 79.9. The van der Waals surface area contributed by atoms with Crippen molar-refractivity contribution in [3.8, 4) is 34.5 Å². The van der Waals surface area contributed by atoms with Crippen molar-refractivity contribution in [3.63, 3.8) is 0 Å². The number of methoxy groups -OCH3 is 5. The van der Waals surface area contributed by atoms with Crippen LogP contribution in [0.2, 0.25) is 0 Å². The molecule has 0 bridgehead atoms. The number of halogens is 5. The van der Waals surface area contributed by atoms with Crippen LogP contribution in [0.4, 0.5) is 13.2 Å². The van der Waals surface area contributed by atoms with E-state index in [9.17, 15) is 46.2 Å². The molecular formula is C100H126BrClF3N3O13S. The zero-order chi connectivity index (χ0) is 85.3. The summed E-state index contributed by atoms with van der Waals surface area (Å²) in [6, 6.07) is 57.7. The van der Waals surface area contributed by atoms with Crippen LogP contribution in [0, 0.1) is 23.7 Å². The Morgan fingerprint density at radius 2 is 0.730 bits per heavy atom. The molecule has 0 fully saturated rings. The number of phenolic OH excluding ortho intramolecular Hbond substituents is 2. The lowest BCUT2D eigenvalue weighted by Gasteiger charge is -2.25. The van der Waals surface area contributed by atoms with Gasteiger partial charge in [0.05, 0.1) is 46.7 Å². The predicted molar refractivity (Wildman–Crippen MR) is 488 cm³/mol. The Morgan fingerprint density at radius 3 is 1.15 bits per heavy atom. The number of rotatable bonds is 10. The summed E-state index contributed by atoms with van der Waals surface area (Å²) in [7, 11) is 2.32. The standard InChI is InChI=1S/C19H22O.C13H16O2.C12H13F3O3S.C12H15NO2.C11H15NO.C11H12O2.C11H14O.C10H13NO.CH4.BrH.ClH/c1-20-19-12-11-17-10-9-16(13-18(17)14-19)8-7-15-5-3-2-4-6-15;1-9-3-4-10-5-6-11(13(14)15-2)8-12(10)7-9;1-8-2-3-9-4-5-11(7-10(9)6-8)18-19(16,17)12(13,14)15;1-15-12(14)9-3-2-8-4-5-11(13)7-10(8)6-9;2*1-13-11-5-3-8-2-4-10(12)6-9(8)7-11;1-8-2-3-9-4-5-11(12)7-10(9)6-8;11-9-3-1-7-2-4-10(12)6-8(7)5-9;;;/h2-6,11-12,14,16H,7-10,13H2,1H3;5-6,8-9H,3-4,7H2,1-2H3;4-5,7-8H,2-3,6H2,1H3;2-3,6,11H,4-5,7,13H2,1H3;3,5,7,10H,2,4,6,12H2,1H3;3,5,7H,2,4,6H2,1H3;4-5,7-8,12H,2-3,6H2,1H3;2,4,6,9,12H,1,3,5,11H2;1H4;2*1H. The molecule has 8 N–H and O–H groups in total. The highest BCUT2D eigenvalue weighted by molar-refractivity contribution is 8.93. The first-order valence-electron chi connectivity index (χ1n) is 42.0. The van der Waals surface area contributed by atoms with Crippen LogP contribution in [0.1, 0.15) is 201 Å². The Morgan fingerprint density at radius 1 is 0.402 bits per heavy atom. The van der Waals surface area contributed by atoms with E-state index < -0.39 is 15.6 Å². The normalized spacial score (nSPS) is 18.9. The first-order valence-corrected chi connectivity index (χ1v) is 43.4. The Hall–Kier alpha value is -9.22. The molecule has 7 unspecified atom stereocenters. The van der Waals surface area contributed by atoms with Crippen LogP contribution >= 0.6 is 29.4 Å². The van der Waals surface area contributed by atoms with E-state index in [1.54, 1.807) is 39.5 Å². The van der Waals surface area contributed by atoms with Gasteiger partial charge in [0.2, 0.25) is 0 Å². The molecule has 22 heteroatoms. The molecule has 9 aromatic rings. The molecule has 16 nitrogen and oxygen atoms in total. The number of ketones is 1. The highest BCUT2D eigenvalue weighted by Crippen LogP contribution is 2.36. The number of ether oxygens (including phenoxy) is 5. The molecule has 8 aliphatic rings. The zero-order valence-electron chi connectivity index (χ0n) is 71.1. The largest absolute Gasteiger partial charge is 0.534 e. The average Bonchev–Trinajstić information content (AvgIpc) is 0.817. The van der Waals surface area contributed by atoms with Crippen LogP contribution in [0.15, 0.2) is 176 Å². The summed E-state index contributed by atoms with van der Waals surface area (Å²) in [5, 5.41) is 18.5. The molecule has 9 aromatic carbocycles. The predicted octanol–water partition coefficient (Wildman–Crippen LogP) is 20.0. The van der Waals surface area contributed by atoms with Gasteiger partial charge in [-0.25, -0.2) is 9.59 Å². The lowest BCUT2D eigenvalue weighted by atomic mass is 9.81. The van der Waals surface area contributed by atoms with Crippen molar-refractivity contribution in [1.29, 1.82) is 0 Å². The van der Waals surface area contributed by atoms with Gasteiger partial charge in [-0.05, 0) is 369 Å². The number of carbonyl (C=O) groups is 3. The molecule has 0 saturated carbocycles. The molecular weight excluding hydrogens is 1660 g/mol. The van der Waals surface area contributed by atoms with Crippen molar-refractivity contribution < 1.29 is 74.1 Å². The van der Waals surface area contributed by atoms with E-state index >= 15 is 0 Å². The summed E-state index contributed by atoms with van der Waals surface area (Å²) in [6.07, 6.45) is 27.2. The van der Waals surface area contributed by atoms with Crippen LogP contribution < -0.4 is 35.6 Å². The summed E-state index contributed by atoms with van der Waals surface area (Å²) in [6.45, 7) is 6.57. The number of fused-ring (bicyclic) bond motifs is 8. The van der Waals surface area contributed by atoms with Crippen molar-refractivity contribution in [1.82, 2.24) is 0 Å². The maximum atomic E-state index is 12.2. The van der Waals surface area contributed by atoms with Gasteiger partial charge in [0, 0.05) is 31.0 Å². The van der Waals surface area contributed by atoms with Crippen molar-refractivity contribution >= 4 is 57.2 Å². The minimum Gasteiger partial charge on any atom is -0.508 e. The molecule has 0 aliphatic heterocycles. The van der Waals surface area contributed by atoms with Gasteiger partial charge in [0.1, 0.15) is 40.3 Å². The molecule has 122 heavy (non-hydrogen) atoms. The number of carbonyl (C=O) groups excluding carboxylic acids is 3. The van der Waals surface area contributed by atoms with E-state index in [-0.39, 0.29) is 66.6 Å². The van der Waals surface area contributed by atoms with Crippen LogP contribution in [0.25, 0.3) is 0 Å². The van der Waals surface area contributed by atoms with Crippen molar-refractivity contribution in [2.24, 2.45) is 40.9 Å². The van der Waals surface area contributed by atoms with Crippen molar-refractivity contribution in [2.75, 3.05) is 35.5 Å². The Kier molecular flexibility index (Phi) is 39.4. The maximum Gasteiger partial charge on any atom is 0.534 e. The van der Waals surface area contributed by atoms with Gasteiger partial charge in [-0.15, -0.1) is 29.4 Å². The second-order valence-electron chi connectivity index (χ2n) is 33.1. The van der Waals surface area contributed by atoms with Crippen LogP contribution in [0.3, 0.4) is 0 Å². The third-order valence-corrected chi connectivity index (χ3v) is 24.8. The minimum atomic E-state index is -5.59. The van der Waals surface area contributed by atoms with E-state index in [0.29, 0.717) is 53.2 Å². The van der Waals surface area contributed by atoms with Crippen molar-refractivity contribution in [3.05, 3.63) is 282 Å². The van der Waals surface area contributed by atoms with Gasteiger partial charge < -0.3 is 55.3 Å². The van der Waals surface area contributed by atoms with E-state index in [1.165, 1.54) is 156 Å². The lowest BCUT2D eigenvalue weighted by molar-refractivity contribution is -0.118. The molecule has 0 aromatic heterocycles. The van der Waals surface area contributed by atoms with Crippen molar-refractivity contribution in [2.45, 2.75) is 219 Å². The second kappa shape index (κ2) is 48.2. The smallest absolute Gasteiger partial charge is 0.508 e. The van der Waals surface area contributed by atoms with E-state index in [2.05, 4.69) is 102 Å². The summed E-state index contributed by atoms with van der Waals surface area (Å²) in [4.78, 5) is 33.9. The average molecular weight is 1780 g/mol. The molecule has 0 spiro atoms. The first-order chi connectivity index (χ1) is 57.0. The number of Topliss-reactive ketones (excluding diaryl/α,β-unsaturated/α-hetero) is 1. The number of alkyl halides is 3. The van der Waals surface area contributed by atoms with Gasteiger partial charge in [0.25, 0.3) is 0 Å². The minimum absolute atomic E-state index is 0. The molecule has 660 valence electrons. The SMILES string of the molecule is Br.C.CC1CCc2ccc(O)cc2C1.CC1CCc2ccc(OS(=O)(=O)C(F)(F)F)cc2C1.COC(=O)c1ccc2c(c1)CC(C)CC2.COC(=O)c1ccc2c(c1)CC(N)CC2.COc1ccc2c(c1)CC(=O)CC2.COc1ccc2c(c1)CC(CCc1ccccc1)CC2.COc1ccc2c(c1)CC(N)CC2.Cl.NC1CCc2ccc(O)cc2C1. The summed E-state index contributed by atoms with van der Waals surface area (Å²) < 4.78 is 87.6. The molecule has 17 rings (SSSR count). The van der Waals surface area contributed by atoms with Crippen LogP contribution in [-0.4, -0.2) is 95.5 Å². The maximum absolute atomic E-state index is 12.2. The number of aryl methyl sites for hydroxylation is 9. The number of esters is 2. The van der Waals surface area contributed by atoms with Crippen LogP contribution in [0.5, 0.6) is 34.5 Å². The number of hydrogen-bond acceptors (Lipinski definition) is 16.